The van der Waals surface area contributed by atoms with E-state index in [2.05, 4.69) is 5.32 Å². The van der Waals surface area contributed by atoms with Crippen LogP contribution in [0.1, 0.15) is 11.1 Å². The summed E-state index contributed by atoms with van der Waals surface area (Å²) in [6, 6.07) is 22.7. The standard InChI is InChI=1S/C20H15N3O3S/c21-13-16-12-18(23(24)25)9-10-20(16)22-17-6-4-5-15(11-17)14-27(26)19-7-2-1-3-8-19/h1-12,22H,14H2. The maximum atomic E-state index is 12.5. The van der Waals surface area contributed by atoms with Crippen molar-refractivity contribution in [3.05, 3.63) is 94.0 Å². The van der Waals surface area contributed by atoms with E-state index in [1.165, 1.54) is 18.2 Å². The van der Waals surface area contributed by atoms with Crippen molar-refractivity contribution < 1.29 is 9.13 Å². The van der Waals surface area contributed by atoms with Gasteiger partial charge < -0.3 is 5.32 Å². The normalized spacial score (nSPS) is 11.4. The first-order valence-corrected chi connectivity index (χ1v) is 9.36. The second-order valence-electron chi connectivity index (χ2n) is 5.73. The van der Waals surface area contributed by atoms with Crippen molar-refractivity contribution in [1.82, 2.24) is 0 Å². The minimum absolute atomic E-state index is 0.135. The summed E-state index contributed by atoms with van der Waals surface area (Å²) in [5.74, 6) is 0.366. The Morgan fingerprint density at radius 1 is 1.04 bits per heavy atom. The number of hydrogen-bond donors (Lipinski definition) is 1. The van der Waals surface area contributed by atoms with E-state index in [4.69, 9.17) is 0 Å². The fourth-order valence-corrected chi connectivity index (χ4v) is 3.66. The Kier molecular flexibility index (Phi) is 5.59. The molecule has 6 nitrogen and oxygen atoms in total. The Morgan fingerprint density at radius 3 is 2.52 bits per heavy atom. The van der Waals surface area contributed by atoms with Gasteiger partial charge in [-0.1, -0.05) is 30.3 Å². The average Bonchev–Trinajstić information content (AvgIpc) is 2.69. The van der Waals surface area contributed by atoms with Crippen LogP contribution in [0.25, 0.3) is 0 Å². The molecule has 3 aromatic carbocycles. The summed E-state index contributed by atoms with van der Waals surface area (Å²) in [6.45, 7) is 0. The molecule has 1 N–H and O–H groups in total. The van der Waals surface area contributed by atoms with Gasteiger partial charge in [0.25, 0.3) is 5.69 Å². The van der Waals surface area contributed by atoms with Crippen LogP contribution in [-0.2, 0) is 16.6 Å². The summed E-state index contributed by atoms with van der Waals surface area (Å²) >= 11 is 0. The third-order valence-electron chi connectivity index (χ3n) is 3.84. The Morgan fingerprint density at radius 2 is 1.81 bits per heavy atom. The number of rotatable bonds is 6. The SMILES string of the molecule is N#Cc1cc([N+](=O)[O-])ccc1Nc1cccc(CS(=O)c2ccccc2)c1. The minimum atomic E-state index is -1.16. The summed E-state index contributed by atoms with van der Waals surface area (Å²) in [4.78, 5) is 11.1. The molecule has 0 saturated carbocycles. The van der Waals surface area contributed by atoms with Gasteiger partial charge in [-0.3, -0.25) is 14.3 Å². The highest BCUT2D eigenvalue weighted by Gasteiger charge is 2.11. The number of benzene rings is 3. The summed E-state index contributed by atoms with van der Waals surface area (Å²) in [7, 11) is -1.16. The van der Waals surface area contributed by atoms with E-state index in [-0.39, 0.29) is 11.3 Å². The van der Waals surface area contributed by atoms with Crippen molar-refractivity contribution in [3.8, 4) is 6.07 Å². The molecule has 0 saturated heterocycles. The van der Waals surface area contributed by atoms with Gasteiger partial charge in [0.2, 0.25) is 0 Å². The van der Waals surface area contributed by atoms with Gasteiger partial charge in [0.1, 0.15) is 6.07 Å². The number of nitro benzene ring substituents is 1. The highest BCUT2D eigenvalue weighted by atomic mass is 32.2. The quantitative estimate of drug-likeness (QED) is 0.503. The Hall–Kier alpha value is -3.50. The van der Waals surface area contributed by atoms with Crippen LogP contribution in [0.2, 0.25) is 0 Å². The lowest BCUT2D eigenvalue weighted by Crippen LogP contribution is -1.99. The highest BCUT2D eigenvalue weighted by molar-refractivity contribution is 7.84. The van der Waals surface area contributed by atoms with Crippen molar-refractivity contribution in [2.24, 2.45) is 0 Å². The molecule has 3 rings (SSSR count). The second kappa shape index (κ2) is 8.25. The topological polar surface area (TPSA) is 96.0 Å². The largest absolute Gasteiger partial charge is 0.354 e. The zero-order valence-electron chi connectivity index (χ0n) is 14.2. The monoisotopic (exact) mass is 377 g/mol. The van der Waals surface area contributed by atoms with Crippen molar-refractivity contribution in [3.63, 3.8) is 0 Å². The van der Waals surface area contributed by atoms with Gasteiger partial charge in [-0.25, -0.2) is 0 Å². The van der Waals surface area contributed by atoms with E-state index in [0.29, 0.717) is 17.1 Å². The van der Waals surface area contributed by atoms with Gasteiger partial charge in [0, 0.05) is 22.7 Å². The van der Waals surface area contributed by atoms with Gasteiger partial charge in [-0.05, 0) is 35.9 Å². The molecule has 134 valence electrons. The molecular formula is C20H15N3O3S. The van der Waals surface area contributed by atoms with Gasteiger partial charge in [-0.15, -0.1) is 0 Å². The molecule has 7 heteroatoms. The van der Waals surface area contributed by atoms with Crippen LogP contribution in [0.5, 0.6) is 0 Å². The third-order valence-corrected chi connectivity index (χ3v) is 5.24. The van der Waals surface area contributed by atoms with Crippen molar-refractivity contribution >= 4 is 27.9 Å². The molecule has 27 heavy (non-hydrogen) atoms. The van der Waals surface area contributed by atoms with Crippen molar-refractivity contribution in [2.45, 2.75) is 10.6 Å². The number of nitriles is 1. The molecule has 1 unspecified atom stereocenters. The molecule has 0 fully saturated rings. The smallest absolute Gasteiger partial charge is 0.270 e. The molecule has 0 heterocycles. The summed E-state index contributed by atoms with van der Waals surface area (Å²) < 4.78 is 12.5. The lowest BCUT2D eigenvalue weighted by Gasteiger charge is -2.10. The first-order valence-electron chi connectivity index (χ1n) is 8.05. The van der Waals surface area contributed by atoms with E-state index < -0.39 is 15.7 Å². The fraction of sp³-hybridized carbons (Fsp3) is 0.0500. The predicted molar refractivity (Wildman–Crippen MR) is 104 cm³/mol. The van der Waals surface area contributed by atoms with Crippen LogP contribution < -0.4 is 5.32 Å². The number of anilines is 2. The maximum absolute atomic E-state index is 12.5. The predicted octanol–water partition coefficient (Wildman–Crippen LogP) is 4.52. The summed E-state index contributed by atoms with van der Waals surface area (Å²) in [5.41, 5.74) is 2.11. The van der Waals surface area contributed by atoms with E-state index in [1.54, 1.807) is 0 Å². The zero-order valence-corrected chi connectivity index (χ0v) is 15.0. The van der Waals surface area contributed by atoms with E-state index in [1.807, 2.05) is 60.7 Å². The number of nitro groups is 1. The Labute approximate surface area is 158 Å². The van der Waals surface area contributed by atoms with Gasteiger partial charge in [0.05, 0.1) is 32.7 Å². The first-order chi connectivity index (χ1) is 13.1. The fourth-order valence-electron chi connectivity index (χ4n) is 2.55. The van der Waals surface area contributed by atoms with Crippen molar-refractivity contribution in [2.75, 3.05) is 5.32 Å². The third kappa shape index (κ3) is 4.57. The molecule has 0 aliphatic carbocycles. The van der Waals surface area contributed by atoms with Gasteiger partial charge in [-0.2, -0.15) is 5.26 Å². The molecule has 0 radical (unpaired) electrons. The molecule has 3 aromatic rings. The molecule has 0 bridgehead atoms. The number of nitrogens with zero attached hydrogens (tertiary/aromatic N) is 2. The van der Waals surface area contributed by atoms with Crippen molar-refractivity contribution in [1.29, 1.82) is 5.26 Å². The molecular weight excluding hydrogens is 362 g/mol. The zero-order chi connectivity index (χ0) is 19.2. The van der Waals surface area contributed by atoms with E-state index in [9.17, 15) is 19.6 Å². The van der Waals surface area contributed by atoms with E-state index in [0.717, 1.165) is 10.5 Å². The lowest BCUT2D eigenvalue weighted by molar-refractivity contribution is -0.384. The van der Waals surface area contributed by atoms with Gasteiger partial charge in [0.15, 0.2) is 0 Å². The molecule has 1 atom stereocenters. The van der Waals surface area contributed by atoms with Crippen LogP contribution in [0, 0.1) is 21.4 Å². The van der Waals surface area contributed by atoms with E-state index >= 15 is 0 Å². The van der Waals surface area contributed by atoms with Crippen LogP contribution in [0.15, 0.2) is 77.7 Å². The number of hydrogen-bond acceptors (Lipinski definition) is 5. The average molecular weight is 377 g/mol. The van der Waals surface area contributed by atoms with Crippen LogP contribution in [-0.4, -0.2) is 9.13 Å². The molecule has 0 aromatic heterocycles. The lowest BCUT2D eigenvalue weighted by atomic mass is 10.1. The van der Waals surface area contributed by atoms with Crippen LogP contribution in [0.4, 0.5) is 17.1 Å². The number of nitrogens with one attached hydrogen (secondary N) is 1. The Balaban J connectivity index is 1.79. The first kappa shape index (κ1) is 18.3. The maximum Gasteiger partial charge on any atom is 0.270 e. The minimum Gasteiger partial charge on any atom is -0.354 e. The highest BCUT2D eigenvalue weighted by Crippen LogP contribution is 2.25. The molecule has 0 amide bonds. The Bertz CT molecular complexity index is 1050. The van der Waals surface area contributed by atoms with Gasteiger partial charge >= 0.3 is 0 Å². The molecule has 0 aliphatic rings. The number of non-ortho nitro benzene ring substituents is 1. The second-order valence-corrected chi connectivity index (χ2v) is 7.18. The van der Waals surface area contributed by atoms with Crippen LogP contribution >= 0.6 is 0 Å². The van der Waals surface area contributed by atoms with Crippen LogP contribution in [0.3, 0.4) is 0 Å². The molecule has 0 aliphatic heterocycles. The summed E-state index contributed by atoms with van der Waals surface area (Å²) in [5, 5.41) is 23.2. The molecule has 0 spiro atoms. The summed E-state index contributed by atoms with van der Waals surface area (Å²) in [6.07, 6.45) is 0.